The Bertz CT molecular complexity index is 702. The summed E-state index contributed by atoms with van der Waals surface area (Å²) in [5.41, 5.74) is 3.86. The zero-order chi connectivity index (χ0) is 12.9. The van der Waals surface area contributed by atoms with Crippen LogP contribution in [0.25, 0.3) is 10.8 Å². The molecule has 0 fully saturated rings. The molecule has 0 saturated heterocycles. The Kier molecular flexibility index (Phi) is 3.14. The zero-order valence-corrected chi connectivity index (χ0v) is 10.2. The number of anilines is 1. The highest BCUT2D eigenvalue weighted by atomic mass is 15.3. The van der Waals surface area contributed by atoms with Crippen LogP contribution in [-0.4, -0.2) is 16.2 Å². The van der Waals surface area contributed by atoms with E-state index in [0.29, 0.717) is 5.95 Å². The number of benzene rings is 2. The molecule has 4 nitrogen and oxygen atoms in total. The molecule has 1 N–H and O–H groups in total. The van der Waals surface area contributed by atoms with Gasteiger partial charge in [-0.05, 0) is 16.8 Å². The highest BCUT2D eigenvalue weighted by molar-refractivity contribution is 5.99. The summed E-state index contributed by atoms with van der Waals surface area (Å²) in [6.45, 7) is 0. The molecule has 0 saturated carbocycles. The average Bonchev–Trinajstić information content (AvgIpc) is 2.49. The van der Waals surface area contributed by atoms with E-state index in [1.54, 1.807) is 24.7 Å². The molecule has 0 radical (unpaired) electrons. The highest BCUT2D eigenvalue weighted by Crippen LogP contribution is 2.16. The van der Waals surface area contributed by atoms with Gasteiger partial charge in [0.25, 0.3) is 0 Å². The number of nitrogens with zero attached hydrogens (tertiary/aromatic N) is 3. The van der Waals surface area contributed by atoms with Crippen LogP contribution >= 0.6 is 0 Å². The second-order valence-corrected chi connectivity index (χ2v) is 4.01. The number of hydrogen-bond donors (Lipinski definition) is 1. The monoisotopic (exact) mass is 248 g/mol. The molecule has 0 aliphatic carbocycles. The molecule has 2 aromatic carbocycles. The fraction of sp³-hybridized carbons (Fsp3) is 0. The number of fused-ring (bicyclic) bond motifs is 1. The number of hydrazone groups is 1. The topological polar surface area (TPSA) is 50.2 Å². The summed E-state index contributed by atoms with van der Waals surface area (Å²) in [7, 11) is 0. The largest absolute Gasteiger partial charge is 0.245 e. The van der Waals surface area contributed by atoms with Gasteiger partial charge >= 0.3 is 0 Å². The van der Waals surface area contributed by atoms with Crippen LogP contribution in [0.5, 0.6) is 0 Å². The minimum absolute atomic E-state index is 0.485. The second kappa shape index (κ2) is 5.27. The molecule has 0 amide bonds. The molecule has 0 bridgehead atoms. The summed E-state index contributed by atoms with van der Waals surface area (Å²) in [6, 6.07) is 16.1. The van der Waals surface area contributed by atoms with Crippen LogP contribution in [0.15, 0.2) is 66.0 Å². The van der Waals surface area contributed by atoms with E-state index >= 15 is 0 Å². The molecule has 0 spiro atoms. The maximum Gasteiger partial charge on any atom is 0.243 e. The maximum atomic E-state index is 4.16. The van der Waals surface area contributed by atoms with E-state index in [2.05, 4.69) is 38.7 Å². The summed E-state index contributed by atoms with van der Waals surface area (Å²) in [5, 5.41) is 6.53. The van der Waals surface area contributed by atoms with Gasteiger partial charge in [-0.15, -0.1) is 0 Å². The van der Waals surface area contributed by atoms with E-state index in [1.807, 2.05) is 24.3 Å². The first kappa shape index (κ1) is 11.3. The summed E-state index contributed by atoms with van der Waals surface area (Å²) < 4.78 is 0. The Morgan fingerprint density at radius 1 is 0.895 bits per heavy atom. The van der Waals surface area contributed by atoms with Gasteiger partial charge in [0.05, 0.1) is 6.21 Å². The van der Waals surface area contributed by atoms with Gasteiger partial charge in [0.15, 0.2) is 0 Å². The first-order chi connectivity index (χ1) is 9.43. The fourth-order valence-electron chi connectivity index (χ4n) is 1.88. The van der Waals surface area contributed by atoms with E-state index in [1.165, 1.54) is 10.8 Å². The number of hydrogen-bond acceptors (Lipinski definition) is 4. The molecule has 4 heteroatoms. The summed E-state index contributed by atoms with van der Waals surface area (Å²) in [4.78, 5) is 8.07. The van der Waals surface area contributed by atoms with Crippen molar-refractivity contribution in [2.45, 2.75) is 0 Å². The standard InChI is InChI=1S/C15H12N4/c1-2-8-14-12(5-1)6-3-7-13(14)11-18-19-15-16-9-4-10-17-15/h1-11H,(H,16,17,19). The van der Waals surface area contributed by atoms with Crippen LogP contribution < -0.4 is 5.43 Å². The lowest BCUT2D eigenvalue weighted by atomic mass is 10.1. The molecule has 0 unspecified atom stereocenters. The van der Waals surface area contributed by atoms with Crippen molar-refractivity contribution in [1.29, 1.82) is 0 Å². The van der Waals surface area contributed by atoms with E-state index in [9.17, 15) is 0 Å². The number of nitrogens with one attached hydrogen (secondary N) is 1. The lowest BCUT2D eigenvalue weighted by Crippen LogP contribution is -1.95. The quantitative estimate of drug-likeness (QED) is 0.572. The predicted molar refractivity (Wildman–Crippen MR) is 77.2 cm³/mol. The van der Waals surface area contributed by atoms with Gasteiger partial charge in [0, 0.05) is 18.0 Å². The molecule has 1 aromatic heterocycles. The van der Waals surface area contributed by atoms with Crippen molar-refractivity contribution in [3.63, 3.8) is 0 Å². The molecular formula is C15H12N4. The van der Waals surface area contributed by atoms with Crippen LogP contribution in [0.2, 0.25) is 0 Å². The van der Waals surface area contributed by atoms with Crippen molar-refractivity contribution in [2.75, 3.05) is 5.43 Å². The Labute approximate surface area is 110 Å². The van der Waals surface area contributed by atoms with Crippen molar-refractivity contribution in [1.82, 2.24) is 9.97 Å². The summed E-state index contributed by atoms with van der Waals surface area (Å²) in [5.74, 6) is 0.485. The molecule has 0 atom stereocenters. The predicted octanol–water partition coefficient (Wildman–Crippen LogP) is 3.08. The first-order valence-corrected chi connectivity index (χ1v) is 5.97. The Morgan fingerprint density at radius 3 is 2.58 bits per heavy atom. The maximum absolute atomic E-state index is 4.16. The molecule has 3 aromatic rings. The summed E-state index contributed by atoms with van der Waals surface area (Å²) in [6.07, 6.45) is 5.12. The fourth-order valence-corrected chi connectivity index (χ4v) is 1.88. The first-order valence-electron chi connectivity index (χ1n) is 5.97. The third-order valence-corrected chi connectivity index (χ3v) is 2.76. The van der Waals surface area contributed by atoms with Crippen LogP contribution in [0.3, 0.4) is 0 Å². The minimum Gasteiger partial charge on any atom is -0.245 e. The Balaban J connectivity index is 1.85. The van der Waals surface area contributed by atoms with E-state index < -0.39 is 0 Å². The van der Waals surface area contributed by atoms with Crippen molar-refractivity contribution >= 4 is 22.9 Å². The van der Waals surface area contributed by atoms with Gasteiger partial charge in [-0.3, -0.25) is 0 Å². The van der Waals surface area contributed by atoms with E-state index in [0.717, 1.165) is 5.56 Å². The SMILES string of the molecule is C(=NNc1ncccn1)c1cccc2ccccc12. The van der Waals surface area contributed by atoms with Crippen LogP contribution in [0.4, 0.5) is 5.95 Å². The third-order valence-electron chi connectivity index (χ3n) is 2.76. The van der Waals surface area contributed by atoms with Crippen molar-refractivity contribution in [2.24, 2.45) is 5.10 Å². The molecule has 19 heavy (non-hydrogen) atoms. The molecular weight excluding hydrogens is 236 g/mol. The van der Waals surface area contributed by atoms with Gasteiger partial charge in [0.1, 0.15) is 0 Å². The Morgan fingerprint density at radius 2 is 1.68 bits per heavy atom. The number of aromatic nitrogens is 2. The van der Waals surface area contributed by atoms with E-state index in [4.69, 9.17) is 0 Å². The van der Waals surface area contributed by atoms with Crippen molar-refractivity contribution in [3.05, 3.63) is 66.5 Å². The van der Waals surface area contributed by atoms with E-state index in [-0.39, 0.29) is 0 Å². The van der Waals surface area contributed by atoms with Crippen LogP contribution in [0, 0.1) is 0 Å². The van der Waals surface area contributed by atoms with Gasteiger partial charge < -0.3 is 0 Å². The smallest absolute Gasteiger partial charge is 0.243 e. The minimum atomic E-state index is 0.485. The van der Waals surface area contributed by atoms with Gasteiger partial charge in [0.2, 0.25) is 5.95 Å². The van der Waals surface area contributed by atoms with Gasteiger partial charge in [-0.1, -0.05) is 42.5 Å². The lowest BCUT2D eigenvalue weighted by molar-refractivity contribution is 1.12. The highest BCUT2D eigenvalue weighted by Gasteiger charge is 1.96. The molecule has 0 aliphatic rings. The zero-order valence-electron chi connectivity index (χ0n) is 10.2. The molecule has 1 heterocycles. The Hall–Kier alpha value is -2.75. The van der Waals surface area contributed by atoms with Gasteiger partial charge in [-0.2, -0.15) is 5.10 Å². The normalized spacial score (nSPS) is 10.9. The van der Waals surface area contributed by atoms with Gasteiger partial charge in [-0.25, -0.2) is 15.4 Å². The van der Waals surface area contributed by atoms with Crippen LogP contribution in [0.1, 0.15) is 5.56 Å². The molecule has 0 aliphatic heterocycles. The lowest BCUT2D eigenvalue weighted by Gasteiger charge is -2.01. The van der Waals surface area contributed by atoms with Crippen LogP contribution in [-0.2, 0) is 0 Å². The summed E-state index contributed by atoms with van der Waals surface area (Å²) >= 11 is 0. The molecule has 92 valence electrons. The average molecular weight is 248 g/mol. The van der Waals surface area contributed by atoms with Crippen molar-refractivity contribution < 1.29 is 0 Å². The molecule has 3 rings (SSSR count). The number of rotatable bonds is 3. The second-order valence-electron chi connectivity index (χ2n) is 4.01. The van der Waals surface area contributed by atoms with Crippen molar-refractivity contribution in [3.8, 4) is 0 Å². The third kappa shape index (κ3) is 2.57.